The van der Waals surface area contributed by atoms with Gasteiger partial charge in [0.1, 0.15) is 0 Å². The molecule has 0 rings (SSSR count). The van der Waals surface area contributed by atoms with Gasteiger partial charge in [-0.25, -0.2) is 0 Å². The van der Waals surface area contributed by atoms with Gasteiger partial charge in [0.25, 0.3) is 0 Å². The van der Waals surface area contributed by atoms with Crippen LogP contribution in [0.3, 0.4) is 0 Å². The van der Waals surface area contributed by atoms with E-state index >= 15 is 0 Å². The minimum absolute atomic E-state index is 0.148. The summed E-state index contributed by atoms with van der Waals surface area (Å²) in [5.74, 6) is 0.148. The molecule has 2 nitrogen and oxygen atoms in total. The Balaban J connectivity index is 3.87. The molecule has 0 spiro atoms. The summed E-state index contributed by atoms with van der Waals surface area (Å²) in [6.07, 6.45) is 1.19. The first-order valence-electron chi connectivity index (χ1n) is 5.51. The fraction of sp³-hybridized carbons (Fsp3) is 0.917. The Hall–Kier alpha value is -0.550. The van der Waals surface area contributed by atoms with E-state index in [-0.39, 0.29) is 5.92 Å². The lowest BCUT2D eigenvalue weighted by Crippen LogP contribution is -2.31. The van der Waals surface area contributed by atoms with E-state index < -0.39 is 0 Å². The number of hydrogen-bond acceptors (Lipinski definition) is 2. The minimum Gasteiger partial charge on any atom is -0.302 e. The monoisotopic (exact) mass is 196 g/mol. The molecule has 0 N–H and O–H groups in total. The van der Waals surface area contributed by atoms with E-state index in [2.05, 4.69) is 38.7 Å². The zero-order chi connectivity index (χ0) is 11.2. The predicted molar refractivity (Wildman–Crippen MR) is 61.0 cm³/mol. The van der Waals surface area contributed by atoms with Gasteiger partial charge < -0.3 is 4.90 Å². The van der Waals surface area contributed by atoms with Crippen molar-refractivity contribution in [3.8, 4) is 6.07 Å². The second kappa shape index (κ2) is 6.03. The molecule has 0 aromatic carbocycles. The topological polar surface area (TPSA) is 27.0 Å². The van der Waals surface area contributed by atoms with Crippen LogP contribution in [-0.2, 0) is 0 Å². The second-order valence-electron chi connectivity index (χ2n) is 5.23. The maximum absolute atomic E-state index is 8.73. The number of nitrogens with zero attached hydrogens (tertiary/aromatic N) is 2. The maximum atomic E-state index is 8.73. The van der Waals surface area contributed by atoms with Crippen LogP contribution >= 0.6 is 0 Å². The predicted octanol–water partition coefficient (Wildman–Crippen LogP) is 2.90. The summed E-state index contributed by atoms with van der Waals surface area (Å²) >= 11 is 0. The second-order valence-corrected chi connectivity index (χ2v) is 5.23. The molecule has 2 heteroatoms. The number of nitriles is 1. The summed E-state index contributed by atoms with van der Waals surface area (Å²) in [6, 6.07) is 2.29. The lowest BCUT2D eigenvalue weighted by atomic mass is 9.92. The van der Waals surface area contributed by atoms with Crippen molar-refractivity contribution < 1.29 is 0 Å². The van der Waals surface area contributed by atoms with Crippen LogP contribution in [0.4, 0.5) is 0 Å². The Kier molecular flexibility index (Phi) is 5.79. The Bertz CT molecular complexity index is 185. The molecule has 0 aromatic rings. The molecule has 14 heavy (non-hydrogen) atoms. The van der Waals surface area contributed by atoms with Gasteiger partial charge in [-0.2, -0.15) is 5.26 Å². The first-order chi connectivity index (χ1) is 6.39. The summed E-state index contributed by atoms with van der Waals surface area (Å²) in [4.78, 5) is 2.36. The van der Waals surface area contributed by atoms with Crippen LogP contribution in [0.15, 0.2) is 0 Å². The molecule has 0 bridgehead atoms. The summed E-state index contributed by atoms with van der Waals surface area (Å²) < 4.78 is 0. The van der Waals surface area contributed by atoms with Crippen LogP contribution in [0, 0.1) is 22.7 Å². The molecule has 0 radical (unpaired) electrons. The van der Waals surface area contributed by atoms with Crippen molar-refractivity contribution in [2.45, 2.75) is 41.0 Å². The van der Waals surface area contributed by atoms with E-state index in [1.54, 1.807) is 0 Å². The molecule has 0 fully saturated rings. The molecular weight excluding hydrogens is 172 g/mol. The Morgan fingerprint density at radius 3 is 2.29 bits per heavy atom. The zero-order valence-electron chi connectivity index (χ0n) is 10.3. The van der Waals surface area contributed by atoms with Gasteiger partial charge in [0, 0.05) is 6.54 Å². The molecule has 0 saturated carbocycles. The van der Waals surface area contributed by atoms with Crippen LogP contribution in [0.1, 0.15) is 41.0 Å². The van der Waals surface area contributed by atoms with Crippen molar-refractivity contribution in [1.82, 2.24) is 4.90 Å². The van der Waals surface area contributed by atoms with Crippen LogP contribution < -0.4 is 0 Å². The maximum Gasteiger partial charge on any atom is 0.0666 e. The highest BCUT2D eigenvalue weighted by Crippen LogP contribution is 2.18. The highest BCUT2D eigenvalue weighted by atomic mass is 15.1. The molecule has 1 unspecified atom stereocenters. The van der Waals surface area contributed by atoms with E-state index in [0.29, 0.717) is 5.41 Å². The molecule has 0 aliphatic rings. The third kappa shape index (κ3) is 6.91. The summed E-state index contributed by atoms with van der Waals surface area (Å²) in [7, 11) is 0. The fourth-order valence-electron chi connectivity index (χ4n) is 1.30. The zero-order valence-corrected chi connectivity index (χ0v) is 10.3. The van der Waals surface area contributed by atoms with Crippen LogP contribution in [-0.4, -0.2) is 24.5 Å². The molecule has 1 atom stereocenters. The Labute approximate surface area is 88.9 Å². The van der Waals surface area contributed by atoms with Gasteiger partial charge in [-0.15, -0.1) is 0 Å². The van der Waals surface area contributed by atoms with Crippen molar-refractivity contribution in [3.05, 3.63) is 0 Å². The van der Waals surface area contributed by atoms with Gasteiger partial charge in [0.05, 0.1) is 12.0 Å². The van der Waals surface area contributed by atoms with E-state index in [9.17, 15) is 0 Å². The van der Waals surface area contributed by atoms with Crippen molar-refractivity contribution in [2.24, 2.45) is 11.3 Å². The Morgan fingerprint density at radius 1 is 1.36 bits per heavy atom. The van der Waals surface area contributed by atoms with Gasteiger partial charge in [-0.3, -0.25) is 0 Å². The average Bonchev–Trinajstić information content (AvgIpc) is 2.10. The number of hydrogen-bond donors (Lipinski definition) is 0. The summed E-state index contributed by atoms with van der Waals surface area (Å²) in [5, 5.41) is 8.73. The lowest BCUT2D eigenvalue weighted by molar-refractivity contribution is 0.224. The SMILES string of the molecule is CCN(CCC(C)(C)C)CC(C)C#N. The van der Waals surface area contributed by atoms with E-state index in [4.69, 9.17) is 5.26 Å². The molecule has 0 amide bonds. The third-order valence-electron chi connectivity index (χ3n) is 2.38. The molecular formula is C12H24N2. The molecule has 0 aromatic heterocycles. The third-order valence-corrected chi connectivity index (χ3v) is 2.38. The first-order valence-corrected chi connectivity index (χ1v) is 5.51. The normalized spacial score (nSPS) is 14.1. The van der Waals surface area contributed by atoms with Crippen LogP contribution in [0.25, 0.3) is 0 Å². The van der Waals surface area contributed by atoms with Gasteiger partial charge in [-0.05, 0) is 31.8 Å². The van der Waals surface area contributed by atoms with Crippen molar-refractivity contribution in [1.29, 1.82) is 5.26 Å². The van der Waals surface area contributed by atoms with Crippen molar-refractivity contribution in [3.63, 3.8) is 0 Å². The van der Waals surface area contributed by atoms with Gasteiger partial charge in [0.2, 0.25) is 0 Å². The van der Waals surface area contributed by atoms with Crippen LogP contribution in [0.5, 0.6) is 0 Å². The first kappa shape index (κ1) is 13.4. The molecule has 82 valence electrons. The molecule has 0 saturated heterocycles. The smallest absolute Gasteiger partial charge is 0.0666 e. The van der Waals surface area contributed by atoms with Gasteiger partial charge in [0.15, 0.2) is 0 Å². The highest BCUT2D eigenvalue weighted by molar-refractivity contribution is 4.81. The lowest BCUT2D eigenvalue weighted by Gasteiger charge is -2.26. The fourth-order valence-corrected chi connectivity index (χ4v) is 1.30. The van der Waals surface area contributed by atoms with Gasteiger partial charge >= 0.3 is 0 Å². The van der Waals surface area contributed by atoms with E-state index in [0.717, 1.165) is 19.6 Å². The van der Waals surface area contributed by atoms with E-state index in [1.807, 2.05) is 6.92 Å². The van der Waals surface area contributed by atoms with Crippen molar-refractivity contribution in [2.75, 3.05) is 19.6 Å². The molecule has 0 heterocycles. The summed E-state index contributed by atoms with van der Waals surface area (Å²) in [6.45, 7) is 14.0. The summed E-state index contributed by atoms with van der Waals surface area (Å²) in [5.41, 5.74) is 0.392. The highest BCUT2D eigenvalue weighted by Gasteiger charge is 2.13. The number of rotatable bonds is 5. The minimum atomic E-state index is 0.148. The molecule has 0 aliphatic carbocycles. The van der Waals surface area contributed by atoms with E-state index in [1.165, 1.54) is 6.42 Å². The van der Waals surface area contributed by atoms with Crippen molar-refractivity contribution >= 4 is 0 Å². The standard InChI is InChI=1S/C12H24N2/c1-6-14(10-11(2)9-13)8-7-12(3,4)5/h11H,6-8,10H2,1-5H3. The van der Waals surface area contributed by atoms with Crippen LogP contribution in [0.2, 0.25) is 0 Å². The van der Waals surface area contributed by atoms with Gasteiger partial charge in [-0.1, -0.05) is 27.7 Å². The largest absolute Gasteiger partial charge is 0.302 e. The quantitative estimate of drug-likeness (QED) is 0.676. The average molecular weight is 196 g/mol. The Morgan fingerprint density at radius 2 is 1.93 bits per heavy atom. The molecule has 0 aliphatic heterocycles.